The fourth-order valence-electron chi connectivity index (χ4n) is 1.68. The number of amides is 1. The summed E-state index contributed by atoms with van der Waals surface area (Å²) >= 11 is 0. The summed E-state index contributed by atoms with van der Waals surface area (Å²) in [6.45, 7) is 8.66. The second-order valence-electron chi connectivity index (χ2n) is 5.59. The van der Waals surface area contributed by atoms with Gasteiger partial charge in [-0.15, -0.1) is 0 Å². The third kappa shape index (κ3) is 3.96. The second kappa shape index (κ2) is 6.06. The van der Waals surface area contributed by atoms with Gasteiger partial charge in [-0.2, -0.15) is 0 Å². The maximum absolute atomic E-state index is 12.1. The Bertz CT molecular complexity index is 455. The van der Waals surface area contributed by atoms with E-state index in [1.165, 1.54) is 0 Å². The van der Waals surface area contributed by atoms with E-state index in [9.17, 15) is 4.79 Å². The Kier molecular flexibility index (Phi) is 4.95. The molecule has 19 heavy (non-hydrogen) atoms. The van der Waals surface area contributed by atoms with E-state index >= 15 is 0 Å². The molecule has 0 aliphatic heterocycles. The third-order valence-corrected chi connectivity index (χ3v) is 3.93. The molecule has 0 unspecified atom stereocenters. The minimum Gasteiger partial charge on any atom is -0.398 e. The Morgan fingerprint density at radius 3 is 2.63 bits per heavy atom. The Labute approximate surface area is 116 Å². The highest BCUT2D eigenvalue weighted by molar-refractivity contribution is 5.93. The van der Waals surface area contributed by atoms with Crippen molar-refractivity contribution in [1.29, 1.82) is 0 Å². The monoisotopic (exact) mass is 263 g/mol. The van der Waals surface area contributed by atoms with Crippen molar-refractivity contribution < 1.29 is 4.79 Å². The highest BCUT2D eigenvalue weighted by Crippen LogP contribution is 2.21. The number of benzene rings is 1. The van der Waals surface area contributed by atoms with Gasteiger partial charge in [0.15, 0.2) is 0 Å². The van der Waals surface area contributed by atoms with Crippen LogP contribution >= 0.6 is 0 Å². The number of anilines is 2. The molecule has 0 bridgehead atoms. The Balaban J connectivity index is 2.68. The summed E-state index contributed by atoms with van der Waals surface area (Å²) in [5.74, 6) is -0.0160. The standard InChI is InChI=1S/C15H25N3O/c1-6-15(3,4)18(5)10-14(19)17-13-9-7-8-12(16)11(13)2/h7-9H,6,10,16H2,1-5H3,(H,17,19). The minimum absolute atomic E-state index is 0.0160. The predicted molar refractivity (Wildman–Crippen MR) is 81.2 cm³/mol. The van der Waals surface area contributed by atoms with Crippen LogP contribution in [0, 0.1) is 6.92 Å². The first-order chi connectivity index (χ1) is 8.77. The number of nitrogens with zero attached hydrogens (tertiary/aromatic N) is 1. The van der Waals surface area contributed by atoms with Crippen LogP contribution in [0.2, 0.25) is 0 Å². The summed E-state index contributed by atoms with van der Waals surface area (Å²) < 4.78 is 0. The van der Waals surface area contributed by atoms with Crippen molar-refractivity contribution in [2.75, 3.05) is 24.6 Å². The smallest absolute Gasteiger partial charge is 0.238 e. The van der Waals surface area contributed by atoms with Gasteiger partial charge in [-0.25, -0.2) is 0 Å². The Hall–Kier alpha value is -1.55. The number of carbonyl (C=O) groups excluding carboxylic acids is 1. The van der Waals surface area contributed by atoms with Gasteiger partial charge in [0.2, 0.25) is 5.91 Å². The zero-order valence-corrected chi connectivity index (χ0v) is 12.6. The van der Waals surface area contributed by atoms with E-state index in [-0.39, 0.29) is 11.4 Å². The molecule has 0 spiro atoms. The molecule has 0 radical (unpaired) electrons. The summed E-state index contributed by atoms with van der Waals surface area (Å²) in [7, 11) is 1.97. The van der Waals surface area contributed by atoms with E-state index in [2.05, 4.69) is 31.0 Å². The molecule has 1 aromatic carbocycles. The molecule has 4 nitrogen and oxygen atoms in total. The van der Waals surface area contributed by atoms with Gasteiger partial charge in [0, 0.05) is 16.9 Å². The Morgan fingerprint density at radius 1 is 1.42 bits per heavy atom. The van der Waals surface area contributed by atoms with Crippen LogP contribution in [0.4, 0.5) is 11.4 Å². The summed E-state index contributed by atoms with van der Waals surface area (Å²) in [5.41, 5.74) is 8.23. The molecular formula is C15H25N3O. The van der Waals surface area contributed by atoms with E-state index < -0.39 is 0 Å². The number of hydrogen-bond donors (Lipinski definition) is 2. The van der Waals surface area contributed by atoms with Crippen LogP contribution in [0.25, 0.3) is 0 Å². The van der Waals surface area contributed by atoms with Crippen molar-refractivity contribution in [3.05, 3.63) is 23.8 Å². The van der Waals surface area contributed by atoms with Crippen molar-refractivity contribution >= 4 is 17.3 Å². The van der Waals surface area contributed by atoms with Gasteiger partial charge in [-0.1, -0.05) is 13.0 Å². The molecule has 0 aliphatic rings. The van der Waals surface area contributed by atoms with E-state index in [1.807, 2.05) is 32.2 Å². The first-order valence-electron chi connectivity index (χ1n) is 6.64. The molecule has 0 fully saturated rings. The molecule has 1 aromatic rings. The Morgan fingerprint density at radius 2 is 2.05 bits per heavy atom. The molecule has 0 saturated carbocycles. The van der Waals surface area contributed by atoms with Crippen molar-refractivity contribution in [3.8, 4) is 0 Å². The fraction of sp³-hybridized carbons (Fsp3) is 0.533. The number of hydrogen-bond acceptors (Lipinski definition) is 3. The molecular weight excluding hydrogens is 238 g/mol. The molecule has 0 aromatic heterocycles. The van der Waals surface area contributed by atoms with Crippen molar-refractivity contribution in [3.63, 3.8) is 0 Å². The van der Waals surface area contributed by atoms with E-state index in [0.717, 1.165) is 17.7 Å². The van der Waals surface area contributed by atoms with Crippen LogP contribution in [0.15, 0.2) is 18.2 Å². The summed E-state index contributed by atoms with van der Waals surface area (Å²) in [6.07, 6.45) is 0.994. The molecule has 1 rings (SSSR count). The van der Waals surface area contributed by atoms with E-state index in [0.29, 0.717) is 12.2 Å². The van der Waals surface area contributed by atoms with Crippen molar-refractivity contribution in [2.45, 2.75) is 39.7 Å². The maximum atomic E-state index is 12.1. The minimum atomic E-state index is -0.0160. The summed E-state index contributed by atoms with van der Waals surface area (Å²) in [4.78, 5) is 14.1. The normalized spacial score (nSPS) is 11.7. The van der Waals surface area contributed by atoms with Crippen molar-refractivity contribution in [2.24, 2.45) is 0 Å². The van der Waals surface area contributed by atoms with Crippen LogP contribution in [0.1, 0.15) is 32.8 Å². The number of nitrogen functional groups attached to an aromatic ring is 1. The van der Waals surface area contributed by atoms with E-state index in [1.54, 1.807) is 0 Å². The summed E-state index contributed by atoms with van der Waals surface area (Å²) in [5, 5.41) is 2.92. The lowest BCUT2D eigenvalue weighted by Crippen LogP contribution is -2.44. The number of nitrogens with one attached hydrogen (secondary N) is 1. The van der Waals surface area contributed by atoms with Crippen LogP contribution in [-0.4, -0.2) is 29.9 Å². The SMILES string of the molecule is CCC(C)(C)N(C)CC(=O)Nc1cccc(N)c1C. The molecule has 0 saturated heterocycles. The van der Waals surface area contributed by atoms with Gasteiger partial charge in [-0.05, 0) is 51.9 Å². The molecule has 1 amide bonds. The average molecular weight is 263 g/mol. The lowest BCUT2D eigenvalue weighted by Gasteiger charge is -2.34. The highest BCUT2D eigenvalue weighted by Gasteiger charge is 2.23. The van der Waals surface area contributed by atoms with Gasteiger partial charge in [0.25, 0.3) is 0 Å². The first-order valence-corrected chi connectivity index (χ1v) is 6.64. The fourth-order valence-corrected chi connectivity index (χ4v) is 1.68. The van der Waals surface area contributed by atoms with Crippen LogP contribution in [0.3, 0.4) is 0 Å². The molecule has 106 valence electrons. The van der Waals surface area contributed by atoms with Gasteiger partial charge >= 0.3 is 0 Å². The molecule has 0 aliphatic carbocycles. The molecule has 3 N–H and O–H groups in total. The quantitative estimate of drug-likeness (QED) is 0.803. The molecule has 4 heteroatoms. The molecule has 0 heterocycles. The van der Waals surface area contributed by atoms with E-state index in [4.69, 9.17) is 5.73 Å². The van der Waals surface area contributed by atoms with Gasteiger partial charge in [-0.3, -0.25) is 9.69 Å². The average Bonchev–Trinajstić information content (AvgIpc) is 2.34. The van der Waals surface area contributed by atoms with Crippen LogP contribution in [-0.2, 0) is 4.79 Å². The number of likely N-dealkylation sites (N-methyl/N-ethyl adjacent to an activating group) is 1. The van der Waals surface area contributed by atoms with Gasteiger partial charge < -0.3 is 11.1 Å². The van der Waals surface area contributed by atoms with Crippen LogP contribution in [0.5, 0.6) is 0 Å². The van der Waals surface area contributed by atoms with Crippen molar-refractivity contribution in [1.82, 2.24) is 4.90 Å². The number of rotatable bonds is 5. The number of carbonyl (C=O) groups is 1. The second-order valence-corrected chi connectivity index (χ2v) is 5.59. The lowest BCUT2D eigenvalue weighted by molar-refractivity contribution is -0.118. The topological polar surface area (TPSA) is 58.4 Å². The zero-order chi connectivity index (χ0) is 14.6. The third-order valence-electron chi connectivity index (χ3n) is 3.93. The highest BCUT2D eigenvalue weighted by atomic mass is 16.2. The predicted octanol–water partition coefficient (Wildman–Crippen LogP) is 2.64. The first kappa shape index (κ1) is 15.5. The lowest BCUT2D eigenvalue weighted by atomic mass is 10.00. The summed E-state index contributed by atoms with van der Waals surface area (Å²) in [6, 6.07) is 5.55. The zero-order valence-electron chi connectivity index (χ0n) is 12.6. The largest absolute Gasteiger partial charge is 0.398 e. The number of nitrogens with two attached hydrogens (primary N) is 1. The molecule has 0 atom stereocenters. The maximum Gasteiger partial charge on any atom is 0.238 e. The van der Waals surface area contributed by atoms with Gasteiger partial charge in [0.1, 0.15) is 0 Å². The van der Waals surface area contributed by atoms with Gasteiger partial charge in [0.05, 0.1) is 6.54 Å². The van der Waals surface area contributed by atoms with Crippen LogP contribution < -0.4 is 11.1 Å².